The van der Waals surface area contributed by atoms with Crippen molar-refractivity contribution in [3.63, 3.8) is 0 Å². The number of ether oxygens (including phenoxy) is 1. The Balaban J connectivity index is 1.96. The number of aromatic nitrogens is 1. The van der Waals surface area contributed by atoms with Crippen molar-refractivity contribution in [2.75, 3.05) is 7.11 Å². The van der Waals surface area contributed by atoms with Gasteiger partial charge >= 0.3 is 0 Å². The maximum absolute atomic E-state index is 13.9. The Morgan fingerprint density at radius 3 is 2.88 bits per heavy atom. The number of carbonyl (C=O) groups excluding carboxylic acids is 1. The van der Waals surface area contributed by atoms with Crippen LogP contribution in [0.4, 0.5) is 4.39 Å². The number of hydrogen-bond donors (Lipinski definition) is 1. The summed E-state index contributed by atoms with van der Waals surface area (Å²) in [6, 6.07) is 9.84. The lowest BCUT2D eigenvalue weighted by atomic mass is 10.1. The first-order chi connectivity index (χ1) is 11.5. The van der Waals surface area contributed by atoms with Gasteiger partial charge in [-0.05, 0) is 31.0 Å². The molecular formula is C18H18FN3O2. The predicted octanol–water partition coefficient (Wildman–Crippen LogP) is 2.91. The molecule has 6 heteroatoms. The van der Waals surface area contributed by atoms with Crippen molar-refractivity contribution in [2.24, 2.45) is 0 Å². The van der Waals surface area contributed by atoms with Crippen molar-refractivity contribution in [2.45, 2.75) is 25.8 Å². The van der Waals surface area contributed by atoms with Crippen LogP contribution in [0.15, 0.2) is 36.5 Å². The molecule has 0 unspecified atom stereocenters. The minimum atomic E-state index is -0.605. The van der Waals surface area contributed by atoms with Crippen molar-refractivity contribution in [1.82, 2.24) is 10.3 Å². The van der Waals surface area contributed by atoms with Crippen LogP contribution in [0.3, 0.4) is 0 Å². The molecular weight excluding hydrogens is 309 g/mol. The first-order valence-corrected chi connectivity index (χ1v) is 7.52. The fourth-order valence-electron chi connectivity index (χ4n) is 2.37. The van der Waals surface area contributed by atoms with Gasteiger partial charge in [-0.2, -0.15) is 5.26 Å². The van der Waals surface area contributed by atoms with E-state index in [2.05, 4.69) is 10.3 Å². The van der Waals surface area contributed by atoms with E-state index in [9.17, 15) is 9.18 Å². The number of nitriles is 1. The molecule has 0 spiro atoms. The molecule has 1 aromatic heterocycles. The van der Waals surface area contributed by atoms with Gasteiger partial charge in [0.1, 0.15) is 17.6 Å². The molecule has 124 valence electrons. The number of methoxy groups -OCH3 is 1. The van der Waals surface area contributed by atoms with E-state index in [4.69, 9.17) is 10.00 Å². The van der Waals surface area contributed by atoms with Crippen LogP contribution in [0.1, 0.15) is 36.2 Å². The number of pyridine rings is 1. The minimum Gasteiger partial charge on any atom is -0.496 e. The van der Waals surface area contributed by atoms with Gasteiger partial charge in [0, 0.05) is 12.6 Å². The zero-order valence-corrected chi connectivity index (χ0v) is 13.5. The summed E-state index contributed by atoms with van der Waals surface area (Å²) in [5.74, 6) is -0.0799. The molecule has 0 saturated heterocycles. The van der Waals surface area contributed by atoms with Crippen molar-refractivity contribution in [1.29, 1.82) is 5.26 Å². The number of benzene rings is 1. The fourth-order valence-corrected chi connectivity index (χ4v) is 2.37. The van der Waals surface area contributed by atoms with Crippen LogP contribution in [0.25, 0.3) is 0 Å². The molecule has 0 aliphatic heterocycles. The lowest BCUT2D eigenvalue weighted by Crippen LogP contribution is -2.28. The number of amides is 1. The van der Waals surface area contributed by atoms with Crippen LogP contribution in [0.2, 0.25) is 0 Å². The Bertz CT molecular complexity index is 771. The lowest BCUT2D eigenvalue weighted by molar-refractivity contribution is -0.121. The summed E-state index contributed by atoms with van der Waals surface area (Å²) in [6.45, 7) is 1.65. The van der Waals surface area contributed by atoms with Crippen LogP contribution >= 0.6 is 0 Å². The van der Waals surface area contributed by atoms with E-state index in [-0.39, 0.29) is 23.6 Å². The Hall–Kier alpha value is -2.94. The zero-order chi connectivity index (χ0) is 17.5. The summed E-state index contributed by atoms with van der Waals surface area (Å²) in [6.07, 6.45) is 2.06. The highest BCUT2D eigenvalue weighted by atomic mass is 19.1. The average Bonchev–Trinajstić information content (AvgIpc) is 2.59. The monoisotopic (exact) mass is 327 g/mol. The van der Waals surface area contributed by atoms with Crippen molar-refractivity contribution in [3.8, 4) is 11.8 Å². The molecule has 24 heavy (non-hydrogen) atoms. The number of halogens is 1. The summed E-state index contributed by atoms with van der Waals surface area (Å²) < 4.78 is 19.2. The number of rotatable bonds is 6. The molecule has 1 amide bonds. The van der Waals surface area contributed by atoms with E-state index in [1.54, 1.807) is 14.0 Å². The molecule has 1 atom stereocenters. The van der Waals surface area contributed by atoms with E-state index >= 15 is 0 Å². The normalized spacial score (nSPS) is 11.4. The molecule has 2 rings (SSSR count). The van der Waals surface area contributed by atoms with Crippen LogP contribution in [-0.2, 0) is 11.2 Å². The van der Waals surface area contributed by atoms with Gasteiger partial charge in [0.15, 0.2) is 0 Å². The molecule has 1 aromatic carbocycles. The Labute approximate surface area is 140 Å². The van der Waals surface area contributed by atoms with E-state index in [0.29, 0.717) is 6.42 Å². The van der Waals surface area contributed by atoms with E-state index < -0.39 is 11.9 Å². The maximum atomic E-state index is 13.9. The van der Waals surface area contributed by atoms with E-state index in [1.165, 1.54) is 6.20 Å². The number of nitrogens with zero attached hydrogens (tertiary/aromatic N) is 2. The number of para-hydroxylation sites is 1. The molecule has 1 heterocycles. The predicted molar refractivity (Wildman–Crippen MR) is 86.8 cm³/mol. The summed E-state index contributed by atoms with van der Waals surface area (Å²) in [5.41, 5.74) is 1.19. The highest BCUT2D eigenvalue weighted by Crippen LogP contribution is 2.19. The Kier molecular flexibility index (Phi) is 5.85. The zero-order valence-electron chi connectivity index (χ0n) is 13.5. The molecule has 0 fully saturated rings. The number of aryl methyl sites for hydroxylation is 1. The molecule has 0 aliphatic carbocycles. The molecule has 1 N–H and O–H groups in total. The van der Waals surface area contributed by atoms with Crippen molar-refractivity contribution in [3.05, 3.63) is 59.2 Å². The second-order valence-electron chi connectivity index (χ2n) is 5.30. The van der Waals surface area contributed by atoms with Crippen molar-refractivity contribution >= 4 is 5.91 Å². The summed E-state index contributed by atoms with van der Waals surface area (Å²) in [5, 5.41) is 11.4. The number of hydrogen-bond acceptors (Lipinski definition) is 4. The Morgan fingerprint density at radius 2 is 2.21 bits per heavy atom. The lowest BCUT2D eigenvalue weighted by Gasteiger charge is -2.14. The first-order valence-electron chi connectivity index (χ1n) is 7.52. The first kappa shape index (κ1) is 17.4. The SMILES string of the molecule is COc1ccccc1CCC(=O)N[C@@H](C)c1ncc(C#N)cc1F. The van der Waals surface area contributed by atoms with Gasteiger partial charge in [-0.15, -0.1) is 0 Å². The highest BCUT2D eigenvalue weighted by molar-refractivity contribution is 5.76. The van der Waals surface area contributed by atoms with Crippen LogP contribution < -0.4 is 10.1 Å². The van der Waals surface area contributed by atoms with E-state index in [0.717, 1.165) is 17.4 Å². The maximum Gasteiger partial charge on any atom is 0.220 e. The van der Waals surface area contributed by atoms with Crippen LogP contribution in [0, 0.1) is 17.1 Å². The third-order valence-electron chi connectivity index (χ3n) is 3.60. The second-order valence-corrected chi connectivity index (χ2v) is 5.30. The smallest absolute Gasteiger partial charge is 0.220 e. The van der Waals surface area contributed by atoms with Gasteiger partial charge in [0.2, 0.25) is 5.91 Å². The van der Waals surface area contributed by atoms with Gasteiger partial charge < -0.3 is 10.1 Å². The molecule has 2 aromatic rings. The molecule has 0 saturated carbocycles. The van der Waals surface area contributed by atoms with Gasteiger partial charge in [-0.1, -0.05) is 18.2 Å². The topological polar surface area (TPSA) is 75.0 Å². The largest absolute Gasteiger partial charge is 0.496 e. The Morgan fingerprint density at radius 1 is 1.46 bits per heavy atom. The van der Waals surface area contributed by atoms with Gasteiger partial charge in [0.25, 0.3) is 0 Å². The third-order valence-corrected chi connectivity index (χ3v) is 3.60. The molecule has 0 radical (unpaired) electrons. The van der Waals surface area contributed by atoms with Gasteiger partial charge in [0.05, 0.1) is 24.4 Å². The molecule has 0 bridgehead atoms. The average molecular weight is 327 g/mol. The second kappa shape index (κ2) is 8.06. The van der Waals surface area contributed by atoms with Crippen LogP contribution in [-0.4, -0.2) is 18.0 Å². The van der Waals surface area contributed by atoms with Crippen LogP contribution in [0.5, 0.6) is 5.75 Å². The molecule has 0 aliphatic rings. The van der Waals surface area contributed by atoms with Gasteiger partial charge in [-0.3, -0.25) is 9.78 Å². The number of carbonyl (C=O) groups is 1. The highest BCUT2D eigenvalue weighted by Gasteiger charge is 2.16. The summed E-state index contributed by atoms with van der Waals surface area (Å²) >= 11 is 0. The fraction of sp³-hybridized carbons (Fsp3) is 0.278. The van der Waals surface area contributed by atoms with Gasteiger partial charge in [-0.25, -0.2) is 4.39 Å². The third kappa shape index (κ3) is 4.29. The number of nitrogens with one attached hydrogen (secondary N) is 1. The standard InChI is InChI=1S/C18H18FN3O2/c1-12(18-15(19)9-13(10-20)11-21-18)22-17(23)8-7-14-5-3-4-6-16(14)24-2/h3-6,9,11-12H,7-8H2,1-2H3,(H,22,23)/t12-/m0/s1. The summed E-state index contributed by atoms with van der Waals surface area (Å²) in [4.78, 5) is 16.0. The minimum absolute atomic E-state index is 0.111. The van der Waals surface area contributed by atoms with Crippen molar-refractivity contribution < 1.29 is 13.9 Å². The van der Waals surface area contributed by atoms with E-state index in [1.807, 2.05) is 30.3 Å². The summed E-state index contributed by atoms with van der Waals surface area (Å²) in [7, 11) is 1.58. The molecule has 5 nitrogen and oxygen atoms in total. The quantitative estimate of drug-likeness (QED) is 0.885.